The molecule has 0 radical (unpaired) electrons. The average molecular weight is 445 g/mol. The van der Waals surface area contributed by atoms with Crippen molar-refractivity contribution in [3.05, 3.63) is 54.1 Å². The van der Waals surface area contributed by atoms with E-state index in [0.717, 1.165) is 12.1 Å². The van der Waals surface area contributed by atoms with Gasteiger partial charge >= 0.3 is 6.18 Å². The van der Waals surface area contributed by atoms with Crippen LogP contribution in [0, 0.1) is 0 Å². The number of halogens is 5. The Labute approximate surface area is 175 Å². The number of nitrogens with one attached hydrogen (secondary N) is 1. The number of rotatable bonds is 6. The smallest absolute Gasteiger partial charge is 0.369 e. The van der Waals surface area contributed by atoms with Crippen LogP contribution < -0.4 is 10.2 Å². The summed E-state index contributed by atoms with van der Waals surface area (Å²) in [7, 11) is 0. The van der Waals surface area contributed by atoms with E-state index in [1.807, 2.05) is 9.80 Å². The highest BCUT2D eigenvalue weighted by Gasteiger charge is 2.31. The quantitative estimate of drug-likeness (QED) is 0.513. The zero-order chi connectivity index (χ0) is 21.7. The molecular weight excluding hydrogens is 425 g/mol. The molecule has 1 amide bonds. The van der Waals surface area contributed by atoms with Crippen LogP contribution in [0.25, 0.3) is 0 Å². The molecule has 0 saturated carbocycles. The van der Waals surface area contributed by atoms with Gasteiger partial charge in [-0.2, -0.15) is 22.0 Å². The minimum absolute atomic E-state index is 0.143. The number of piperazine rings is 1. The van der Waals surface area contributed by atoms with Gasteiger partial charge in [0.05, 0.1) is 12.1 Å². The van der Waals surface area contributed by atoms with Crippen molar-refractivity contribution in [2.45, 2.75) is 16.8 Å². The normalized spacial score (nSPS) is 15.5. The van der Waals surface area contributed by atoms with Crippen LogP contribution in [0.15, 0.2) is 53.4 Å². The molecule has 1 fully saturated rings. The third-order valence-electron chi connectivity index (χ3n) is 4.64. The molecule has 2 aromatic carbocycles. The summed E-state index contributed by atoms with van der Waals surface area (Å²) < 4.78 is 63.3. The molecule has 0 unspecified atom stereocenters. The van der Waals surface area contributed by atoms with Gasteiger partial charge in [0, 0.05) is 42.4 Å². The van der Waals surface area contributed by atoms with Gasteiger partial charge in [-0.1, -0.05) is 17.8 Å². The fourth-order valence-corrected chi connectivity index (χ4v) is 3.67. The lowest BCUT2D eigenvalue weighted by Crippen LogP contribution is -2.48. The van der Waals surface area contributed by atoms with Gasteiger partial charge in [0.25, 0.3) is 5.76 Å². The summed E-state index contributed by atoms with van der Waals surface area (Å²) in [4.78, 5) is 16.4. The number of carbonyl (C=O) groups is 1. The number of anilines is 2. The fourth-order valence-electron chi connectivity index (χ4n) is 3.17. The standard InChI is InChI=1S/C20H20F5N3OS/c21-19(22)30-17-6-4-15(5-7-17)26-18(29)13-27-8-10-28(11-9-27)16-3-1-2-14(12-16)20(23,24)25/h1-7,12,19H,8-11,13H2,(H,26,29). The number of hydrogen-bond acceptors (Lipinski definition) is 4. The lowest BCUT2D eigenvalue weighted by atomic mass is 10.1. The van der Waals surface area contributed by atoms with E-state index < -0.39 is 17.5 Å². The van der Waals surface area contributed by atoms with Gasteiger partial charge in [-0.15, -0.1) is 0 Å². The summed E-state index contributed by atoms with van der Waals surface area (Å²) in [6.45, 7) is 2.23. The maximum Gasteiger partial charge on any atom is 0.416 e. The molecule has 10 heteroatoms. The monoisotopic (exact) mass is 445 g/mol. The minimum atomic E-state index is -4.38. The second-order valence-corrected chi connectivity index (χ2v) is 7.83. The Morgan fingerprint density at radius 2 is 1.70 bits per heavy atom. The molecule has 3 rings (SSSR count). The van der Waals surface area contributed by atoms with Gasteiger partial charge in [0.2, 0.25) is 5.91 Å². The number of carbonyl (C=O) groups excluding carboxylic acids is 1. The third kappa shape index (κ3) is 6.33. The molecule has 0 spiro atoms. The van der Waals surface area contributed by atoms with Crippen LogP contribution >= 0.6 is 11.8 Å². The first kappa shape index (κ1) is 22.4. The highest BCUT2D eigenvalue weighted by atomic mass is 32.2. The lowest BCUT2D eigenvalue weighted by Gasteiger charge is -2.36. The van der Waals surface area contributed by atoms with E-state index >= 15 is 0 Å². The van der Waals surface area contributed by atoms with E-state index in [0.29, 0.717) is 54.2 Å². The van der Waals surface area contributed by atoms with Crippen molar-refractivity contribution in [3.8, 4) is 0 Å². The Balaban J connectivity index is 1.48. The van der Waals surface area contributed by atoms with E-state index in [-0.39, 0.29) is 12.5 Å². The number of nitrogens with zero attached hydrogens (tertiary/aromatic N) is 2. The molecule has 4 nitrogen and oxygen atoms in total. The van der Waals surface area contributed by atoms with Gasteiger partial charge in [0.15, 0.2) is 0 Å². The van der Waals surface area contributed by atoms with Crippen molar-refractivity contribution in [3.63, 3.8) is 0 Å². The first-order valence-electron chi connectivity index (χ1n) is 9.20. The van der Waals surface area contributed by atoms with Gasteiger partial charge < -0.3 is 10.2 Å². The van der Waals surface area contributed by atoms with Crippen LogP contribution in [-0.4, -0.2) is 49.3 Å². The zero-order valence-electron chi connectivity index (χ0n) is 15.8. The summed E-state index contributed by atoms with van der Waals surface area (Å²) in [6.07, 6.45) is -4.38. The predicted octanol–water partition coefficient (Wildman–Crippen LogP) is 4.78. The lowest BCUT2D eigenvalue weighted by molar-refractivity contribution is -0.137. The Kier molecular flexibility index (Phi) is 7.19. The van der Waals surface area contributed by atoms with E-state index in [1.54, 1.807) is 18.2 Å². The molecule has 1 heterocycles. The average Bonchev–Trinajstić information content (AvgIpc) is 2.69. The van der Waals surface area contributed by atoms with Crippen LogP contribution in [-0.2, 0) is 11.0 Å². The summed E-state index contributed by atoms with van der Waals surface area (Å²) in [6, 6.07) is 11.4. The van der Waals surface area contributed by atoms with Crippen LogP contribution in [0.2, 0.25) is 0 Å². The molecule has 2 aromatic rings. The predicted molar refractivity (Wildman–Crippen MR) is 107 cm³/mol. The molecule has 0 aliphatic carbocycles. The Hall–Kier alpha value is -2.33. The van der Waals surface area contributed by atoms with Crippen molar-refractivity contribution >= 4 is 29.0 Å². The number of benzene rings is 2. The topological polar surface area (TPSA) is 35.6 Å². The maximum atomic E-state index is 12.9. The Bertz CT molecular complexity index is 852. The molecule has 1 aliphatic heterocycles. The summed E-state index contributed by atoms with van der Waals surface area (Å²) in [5, 5.41) is 2.72. The van der Waals surface area contributed by atoms with Gasteiger partial charge in [0.1, 0.15) is 0 Å². The van der Waals surface area contributed by atoms with E-state index in [4.69, 9.17) is 0 Å². The molecule has 30 heavy (non-hydrogen) atoms. The summed E-state index contributed by atoms with van der Waals surface area (Å²) >= 11 is 0.434. The Morgan fingerprint density at radius 3 is 2.30 bits per heavy atom. The molecule has 1 saturated heterocycles. The number of alkyl halides is 5. The van der Waals surface area contributed by atoms with Crippen molar-refractivity contribution < 1.29 is 26.7 Å². The van der Waals surface area contributed by atoms with Crippen LogP contribution in [0.3, 0.4) is 0 Å². The molecule has 0 aromatic heterocycles. The Morgan fingerprint density at radius 1 is 1.03 bits per heavy atom. The van der Waals surface area contributed by atoms with Gasteiger partial charge in [-0.05, 0) is 42.5 Å². The minimum Gasteiger partial charge on any atom is -0.369 e. The van der Waals surface area contributed by atoms with Gasteiger partial charge in [-0.3, -0.25) is 9.69 Å². The second kappa shape index (κ2) is 9.65. The van der Waals surface area contributed by atoms with E-state index in [9.17, 15) is 26.7 Å². The van der Waals surface area contributed by atoms with E-state index in [2.05, 4.69) is 5.32 Å². The number of thioether (sulfide) groups is 1. The molecule has 162 valence electrons. The van der Waals surface area contributed by atoms with Crippen molar-refractivity contribution in [2.24, 2.45) is 0 Å². The summed E-state index contributed by atoms with van der Waals surface area (Å²) in [5.41, 5.74) is 0.344. The number of amides is 1. The van der Waals surface area contributed by atoms with Gasteiger partial charge in [-0.25, -0.2) is 0 Å². The van der Waals surface area contributed by atoms with Crippen molar-refractivity contribution in [1.29, 1.82) is 0 Å². The first-order valence-corrected chi connectivity index (χ1v) is 10.1. The first-order chi connectivity index (χ1) is 14.2. The fraction of sp³-hybridized carbons (Fsp3) is 0.350. The van der Waals surface area contributed by atoms with Crippen LogP contribution in [0.5, 0.6) is 0 Å². The molecule has 1 aliphatic rings. The highest BCUT2D eigenvalue weighted by molar-refractivity contribution is 7.99. The van der Waals surface area contributed by atoms with Crippen LogP contribution in [0.4, 0.5) is 33.3 Å². The molecule has 0 atom stereocenters. The highest BCUT2D eigenvalue weighted by Crippen LogP contribution is 2.32. The zero-order valence-corrected chi connectivity index (χ0v) is 16.6. The van der Waals surface area contributed by atoms with Crippen LogP contribution in [0.1, 0.15) is 5.56 Å². The van der Waals surface area contributed by atoms with Crippen molar-refractivity contribution in [2.75, 3.05) is 42.9 Å². The molecule has 0 bridgehead atoms. The SMILES string of the molecule is O=C(CN1CCN(c2cccc(C(F)(F)F)c2)CC1)Nc1ccc(SC(F)F)cc1. The maximum absolute atomic E-state index is 12.9. The molecular formula is C20H20F5N3OS. The largest absolute Gasteiger partial charge is 0.416 e. The number of hydrogen-bond donors (Lipinski definition) is 1. The van der Waals surface area contributed by atoms with Crippen molar-refractivity contribution in [1.82, 2.24) is 4.90 Å². The third-order valence-corrected chi connectivity index (χ3v) is 5.36. The molecule has 1 N–H and O–H groups in total. The second-order valence-electron chi connectivity index (χ2n) is 6.76. The van der Waals surface area contributed by atoms with E-state index in [1.165, 1.54) is 18.2 Å². The summed E-state index contributed by atoms with van der Waals surface area (Å²) in [5.74, 6) is -2.74.